The predicted octanol–water partition coefficient (Wildman–Crippen LogP) is 4.34. The Morgan fingerprint density at radius 3 is 2.68 bits per heavy atom. The van der Waals surface area contributed by atoms with Crippen molar-refractivity contribution in [2.45, 2.75) is 71.5 Å². The third-order valence-electron chi connectivity index (χ3n) is 6.40. The largest absolute Gasteiger partial charge is 0.497 e. The molecule has 2 heterocycles. The fourth-order valence-electron chi connectivity index (χ4n) is 4.67. The van der Waals surface area contributed by atoms with Gasteiger partial charge < -0.3 is 29.0 Å². The van der Waals surface area contributed by atoms with Gasteiger partial charge in [-0.2, -0.15) is 0 Å². The molecular weight excluding hydrogens is 434 g/mol. The summed E-state index contributed by atoms with van der Waals surface area (Å²) < 4.78 is 23.0. The lowest BCUT2D eigenvalue weighted by molar-refractivity contribution is -0.160. The molecule has 1 aromatic rings. The molecule has 0 saturated heterocycles. The molecule has 188 valence electrons. The quantitative estimate of drug-likeness (QED) is 0.308. The fraction of sp³-hybridized carbons (Fsp3) is 0.593. The first-order valence-corrected chi connectivity index (χ1v) is 12.2. The van der Waals surface area contributed by atoms with Crippen molar-refractivity contribution >= 4 is 5.97 Å². The number of hydrogen-bond acceptors (Lipinski definition) is 7. The Morgan fingerprint density at radius 2 is 2.03 bits per heavy atom. The Labute approximate surface area is 203 Å². The van der Waals surface area contributed by atoms with Crippen molar-refractivity contribution in [2.75, 3.05) is 33.5 Å². The summed E-state index contributed by atoms with van der Waals surface area (Å²) in [6, 6.07) is 4.07. The minimum atomic E-state index is -1.19. The van der Waals surface area contributed by atoms with Crippen LogP contribution >= 0.6 is 0 Å². The number of carbonyl (C=O) groups is 1. The summed E-state index contributed by atoms with van der Waals surface area (Å²) in [6.45, 7) is 10.8. The molecule has 3 atom stereocenters. The summed E-state index contributed by atoms with van der Waals surface area (Å²) >= 11 is 0. The van der Waals surface area contributed by atoms with Crippen molar-refractivity contribution in [3.63, 3.8) is 0 Å². The van der Waals surface area contributed by atoms with E-state index in [-0.39, 0.29) is 12.7 Å². The summed E-state index contributed by atoms with van der Waals surface area (Å²) in [5.74, 6) is 1.22. The van der Waals surface area contributed by atoms with Gasteiger partial charge in [-0.05, 0) is 82.3 Å². The molecule has 0 amide bonds. The molecule has 0 bridgehead atoms. The van der Waals surface area contributed by atoms with E-state index in [4.69, 9.17) is 18.9 Å². The normalized spacial score (nSPS) is 19.6. The van der Waals surface area contributed by atoms with Gasteiger partial charge in [-0.1, -0.05) is 18.6 Å². The summed E-state index contributed by atoms with van der Waals surface area (Å²) in [4.78, 5) is 15.4. The molecule has 0 saturated carbocycles. The number of aliphatic hydroxyl groups excluding tert-OH is 1. The smallest absolute Gasteiger partial charge is 0.335 e. The van der Waals surface area contributed by atoms with Gasteiger partial charge >= 0.3 is 5.97 Å². The first-order chi connectivity index (χ1) is 16.4. The van der Waals surface area contributed by atoms with E-state index >= 15 is 0 Å². The van der Waals surface area contributed by atoms with Crippen LogP contribution in [0.2, 0.25) is 0 Å². The molecule has 34 heavy (non-hydrogen) atoms. The van der Waals surface area contributed by atoms with E-state index < -0.39 is 18.2 Å². The highest BCUT2D eigenvalue weighted by atomic mass is 16.7. The van der Waals surface area contributed by atoms with Crippen LogP contribution in [0.3, 0.4) is 0 Å². The first kappa shape index (κ1) is 26.1. The Kier molecular flexibility index (Phi) is 9.42. The maximum absolute atomic E-state index is 13.0. The zero-order valence-corrected chi connectivity index (χ0v) is 21.1. The van der Waals surface area contributed by atoms with Gasteiger partial charge in [0.2, 0.25) is 6.79 Å². The maximum atomic E-state index is 13.0. The number of hydrogen-bond donors (Lipinski definition) is 1. The Balaban J connectivity index is 1.94. The minimum absolute atomic E-state index is 0.182. The Morgan fingerprint density at radius 1 is 1.29 bits per heavy atom. The van der Waals surface area contributed by atoms with Crippen molar-refractivity contribution in [3.05, 3.63) is 46.7 Å². The number of aliphatic hydroxyl groups is 1. The van der Waals surface area contributed by atoms with Gasteiger partial charge in [0.1, 0.15) is 5.76 Å². The first-order valence-electron chi connectivity index (χ1n) is 12.2. The molecule has 0 aliphatic carbocycles. The second-order valence-electron chi connectivity index (χ2n) is 9.19. The lowest BCUT2D eigenvalue weighted by Crippen LogP contribution is -2.38. The van der Waals surface area contributed by atoms with Gasteiger partial charge in [-0.3, -0.25) is 0 Å². The molecule has 1 aromatic carbocycles. The van der Waals surface area contributed by atoms with Crippen molar-refractivity contribution < 1.29 is 28.8 Å². The van der Waals surface area contributed by atoms with Gasteiger partial charge in [-0.15, -0.1) is 0 Å². The van der Waals surface area contributed by atoms with Crippen LogP contribution < -0.4 is 9.47 Å². The van der Waals surface area contributed by atoms with Crippen LogP contribution in [0, 0.1) is 0 Å². The number of rotatable bonds is 10. The maximum Gasteiger partial charge on any atom is 0.335 e. The SMILES string of the molecule is C/C=C(/OC)C(OC(=O)C(O)CCC=C(C)C)C1CN(CCC)CCc2cc3c(cc21)OCO3. The Bertz CT molecular complexity index is 905. The van der Waals surface area contributed by atoms with E-state index in [1.165, 1.54) is 0 Å². The highest BCUT2D eigenvalue weighted by Gasteiger charge is 2.37. The number of carbonyl (C=O) groups excluding carboxylic acids is 1. The highest BCUT2D eigenvalue weighted by Crippen LogP contribution is 2.41. The molecule has 2 aliphatic heterocycles. The van der Waals surface area contributed by atoms with Crippen molar-refractivity contribution in [3.8, 4) is 11.5 Å². The third-order valence-corrected chi connectivity index (χ3v) is 6.40. The van der Waals surface area contributed by atoms with Gasteiger partial charge in [0.15, 0.2) is 23.7 Å². The summed E-state index contributed by atoms with van der Waals surface area (Å²) in [6.07, 6.45) is 4.80. The number of ether oxygens (including phenoxy) is 4. The molecular formula is C27H39NO6. The molecule has 0 radical (unpaired) electrons. The molecule has 7 nitrogen and oxygen atoms in total. The van der Waals surface area contributed by atoms with Crippen LogP contribution in [0.15, 0.2) is 35.6 Å². The van der Waals surface area contributed by atoms with E-state index in [0.717, 1.165) is 48.4 Å². The summed E-state index contributed by atoms with van der Waals surface area (Å²) in [5.41, 5.74) is 3.37. The second kappa shape index (κ2) is 12.3. The summed E-state index contributed by atoms with van der Waals surface area (Å²) in [5, 5.41) is 10.5. The average molecular weight is 474 g/mol. The van der Waals surface area contributed by atoms with Gasteiger partial charge in [0.05, 0.1) is 7.11 Å². The molecule has 7 heteroatoms. The standard InChI is InChI=1S/C27H39NO6/c1-6-12-28-13-11-19-14-24-25(33-17-32-24)15-20(19)21(16-28)26(23(7-2)31-5)34-27(30)22(29)10-8-9-18(3)4/h7,9,14-15,21-22,26,29H,6,8,10-13,16-17H2,1-5H3/b23-7+. The van der Waals surface area contributed by atoms with Crippen molar-refractivity contribution in [2.24, 2.45) is 0 Å². The third kappa shape index (κ3) is 6.33. The minimum Gasteiger partial charge on any atom is -0.497 e. The van der Waals surface area contributed by atoms with Crippen LogP contribution in [0.1, 0.15) is 64.0 Å². The van der Waals surface area contributed by atoms with Crippen LogP contribution in [0.4, 0.5) is 0 Å². The molecule has 1 N–H and O–H groups in total. The van der Waals surface area contributed by atoms with Crippen LogP contribution in [-0.2, 0) is 20.7 Å². The van der Waals surface area contributed by atoms with E-state index in [1.54, 1.807) is 7.11 Å². The van der Waals surface area contributed by atoms with Gasteiger partial charge in [-0.25, -0.2) is 4.79 Å². The monoisotopic (exact) mass is 473 g/mol. The zero-order chi connectivity index (χ0) is 24.7. The summed E-state index contributed by atoms with van der Waals surface area (Å²) in [7, 11) is 1.59. The predicted molar refractivity (Wildman–Crippen MR) is 131 cm³/mol. The number of nitrogens with zero attached hydrogens (tertiary/aromatic N) is 1. The molecule has 0 aromatic heterocycles. The van der Waals surface area contributed by atoms with E-state index in [2.05, 4.69) is 17.9 Å². The van der Waals surface area contributed by atoms with Gasteiger partial charge in [0.25, 0.3) is 0 Å². The molecule has 0 spiro atoms. The van der Waals surface area contributed by atoms with E-state index in [1.807, 2.05) is 39.0 Å². The van der Waals surface area contributed by atoms with E-state index in [9.17, 15) is 9.90 Å². The average Bonchev–Trinajstić information content (AvgIpc) is 3.20. The number of benzene rings is 1. The van der Waals surface area contributed by atoms with Gasteiger partial charge in [0, 0.05) is 19.0 Å². The molecule has 3 unspecified atom stereocenters. The number of esters is 1. The fourth-order valence-corrected chi connectivity index (χ4v) is 4.67. The lowest BCUT2D eigenvalue weighted by Gasteiger charge is -2.32. The topological polar surface area (TPSA) is 77.5 Å². The van der Waals surface area contributed by atoms with Crippen LogP contribution in [-0.4, -0.2) is 61.7 Å². The zero-order valence-electron chi connectivity index (χ0n) is 21.1. The number of methoxy groups -OCH3 is 1. The number of allylic oxidation sites excluding steroid dienone is 3. The number of fused-ring (bicyclic) bond motifs is 2. The highest BCUT2D eigenvalue weighted by molar-refractivity contribution is 5.75. The van der Waals surface area contributed by atoms with Crippen LogP contribution in [0.5, 0.6) is 11.5 Å². The molecule has 0 fully saturated rings. The van der Waals surface area contributed by atoms with Crippen LogP contribution in [0.25, 0.3) is 0 Å². The molecule has 3 rings (SSSR count). The Hall–Kier alpha value is -2.51. The van der Waals surface area contributed by atoms with Crippen molar-refractivity contribution in [1.29, 1.82) is 0 Å². The van der Waals surface area contributed by atoms with Crippen molar-refractivity contribution in [1.82, 2.24) is 4.90 Å². The van der Waals surface area contributed by atoms with E-state index in [0.29, 0.717) is 30.9 Å². The second-order valence-corrected chi connectivity index (χ2v) is 9.19. The molecule has 2 aliphatic rings. The lowest BCUT2D eigenvalue weighted by atomic mass is 9.87.